The van der Waals surface area contributed by atoms with Gasteiger partial charge in [-0.3, -0.25) is 4.90 Å². The van der Waals surface area contributed by atoms with E-state index in [1.54, 1.807) is 0 Å². The zero-order chi connectivity index (χ0) is 12.0. The Morgan fingerprint density at radius 3 is 2.81 bits per heavy atom. The Morgan fingerprint density at radius 1 is 1.44 bits per heavy atom. The SMILES string of the molecule is CCCCN(C)Cc1nc(C)cc(NN)n1. The van der Waals surface area contributed by atoms with Gasteiger partial charge in [-0.05, 0) is 26.9 Å². The Kier molecular flexibility index (Phi) is 5.14. The maximum atomic E-state index is 5.34. The summed E-state index contributed by atoms with van der Waals surface area (Å²) in [7, 11) is 2.08. The number of rotatable bonds is 6. The summed E-state index contributed by atoms with van der Waals surface area (Å²) >= 11 is 0. The Labute approximate surface area is 97.0 Å². The van der Waals surface area contributed by atoms with Crippen LogP contribution >= 0.6 is 0 Å². The van der Waals surface area contributed by atoms with E-state index in [2.05, 4.69) is 34.3 Å². The molecule has 0 unspecified atom stereocenters. The van der Waals surface area contributed by atoms with Gasteiger partial charge in [0.25, 0.3) is 0 Å². The van der Waals surface area contributed by atoms with Crippen molar-refractivity contribution in [3.05, 3.63) is 17.6 Å². The number of aromatic nitrogens is 2. The molecule has 0 aliphatic rings. The number of nitrogens with one attached hydrogen (secondary N) is 1. The highest BCUT2D eigenvalue weighted by Gasteiger charge is 2.04. The van der Waals surface area contributed by atoms with Gasteiger partial charge in [-0.1, -0.05) is 13.3 Å². The molecule has 1 heterocycles. The van der Waals surface area contributed by atoms with Crippen molar-refractivity contribution in [2.24, 2.45) is 5.84 Å². The number of anilines is 1. The first-order valence-corrected chi connectivity index (χ1v) is 5.65. The van der Waals surface area contributed by atoms with E-state index >= 15 is 0 Å². The van der Waals surface area contributed by atoms with E-state index < -0.39 is 0 Å². The van der Waals surface area contributed by atoms with Crippen LogP contribution in [0, 0.1) is 6.92 Å². The van der Waals surface area contributed by atoms with Crippen LogP contribution in [0.3, 0.4) is 0 Å². The van der Waals surface area contributed by atoms with Gasteiger partial charge in [0.2, 0.25) is 0 Å². The number of aryl methyl sites for hydroxylation is 1. The van der Waals surface area contributed by atoms with Gasteiger partial charge in [-0.2, -0.15) is 0 Å². The number of nitrogens with two attached hydrogens (primary N) is 1. The normalized spacial score (nSPS) is 10.8. The number of hydrazine groups is 1. The summed E-state index contributed by atoms with van der Waals surface area (Å²) in [5.41, 5.74) is 3.49. The van der Waals surface area contributed by atoms with Crippen LogP contribution in [0.25, 0.3) is 0 Å². The predicted octanol–water partition coefficient (Wildman–Crippen LogP) is 1.30. The molecular formula is C11H21N5. The predicted molar refractivity (Wildman–Crippen MR) is 65.8 cm³/mol. The molecule has 5 heteroatoms. The fourth-order valence-corrected chi connectivity index (χ4v) is 1.52. The van der Waals surface area contributed by atoms with Gasteiger partial charge >= 0.3 is 0 Å². The summed E-state index contributed by atoms with van der Waals surface area (Å²) in [6.07, 6.45) is 2.40. The van der Waals surface area contributed by atoms with E-state index in [0.29, 0.717) is 5.82 Å². The molecule has 5 nitrogen and oxygen atoms in total. The molecule has 0 saturated heterocycles. The van der Waals surface area contributed by atoms with Crippen LogP contribution < -0.4 is 11.3 Å². The molecule has 0 aliphatic heterocycles. The van der Waals surface area contributed by atoms with Crippen LogP contribution in [0.2, 0.25) is 0 Å². The zero-order valence-electron chi connectivity index (χ0n) is 10.3. The van der Waals surface area contributed by atoms with E-state index in [-0.39, 0.29) is 0 Å². The number of nitrogens with zero attached hydrogens (tertiary/aromatic N) is 3. The average Bonchev–Trinajstić information content (AvgIpc) is 2.25. The van der Waals surface area contributed by atoms with Crippen LogP contribution in [0.5, 0.6) is 0 Å². The van der Waals surface area contributed by atoms with E-state index in [4.69, 9.17) is 5.84 Å². The zero-order valence-corrected chi connectivity index (χ0v) is 10.3. The van der Waals surface area contributed by atoms with Gasteiger partial charge in [0.05, 0.1) is 6.54 Å². The Balaban J connectivity index is 2.61. The highest BCUT2D eigenvalue weighted by molar-refractivity contribution is 5.33. The van der Waals surface area contributed by atoms with Crippen LogP contribution in [0.15, 0.2) is 6.07 Å². The van der Waals surface area contributed by atoms with Gasteiger partial charge in [0, 0.05) is 11.8 Å². The van der Waals surface area contributed by atoms with Crippen LogP contribution in [-0.2, 0) is 6.54 Å². The van der Waals surface area contributed by atoms with Crippen LogP contribution in [0.1, 0.15) is 31.3 Å². The van der Waals surface area contributed by atoms with Gasteiger partial charge in [0.15, 0.2) is 0 Å². The fraction of sp³-hybridized carbons (Fsp3) is 0.636. The molecule has 0 amide bonds. The molecule has 90 valence electrons. The van der Waals surface area contributed by atoms with Gasteiger partial charge in [0.1, 0.15) is 11.6 Å². The van der Waals surface area contributed by atoms with Crippen LogP contribution in [0.4, 0.5) is 5.82 Å². The number of unbranched alkanes of at least 4 members (excludes halogenated alkanes) is 1. The lowest BCUT2D eigenvalue weighted by atomic mass is 10.3. The summed E-state index contributed by atoms with van der Waals surface area (Å²) < 4.78 is 0. The maximum absolute atomic E-state index is 5.34. The summed E-state index contributed by atoms with van der Waals surface area (Å²) in [5.74, 6) is 6.83. The number of hydrogen-bond acceptors (Lipinski definition) is 5. The largest absolute Gasteiger partial charge is 0.308 e. The topological polar surface area (TPSA) is 67.1 Å². The Bertz CT molecular complexity index is 326. The van der Waals surface area contributed by atoms with Gasteiger partial charge < -0.3 is 5.43 Å². The summed E-state index contributed by atoms with van der Waals surface area (Å²) in [6.45, 7) is 5.96. The second-order valence-corrected chi connectivity index (χ2v) is 4.05. The molecule has 0 radical (unpaired) electrons. The van der Waals surface area contributed by atoms with Gasteiger partial charge in [-0.25, -0.2) is 15.8 Å². The molecule has 0 saturated carbocycles. The third-order valence-electron chi connectivity index (χ3n) is 2.35. The van der Waals surface area contributed by atoms with Crippen LogP contribution in [-0.4, -0.2) is 28.5 Å². The van der Waals surface area contributed by atoms with E-state index in [9.17, 15) is 0 Å². The minimum Gasteiger partial charge on any atom is -0.308 e. The quantitative estimate of drug-likeness (QED) is 0.562. The summed E-state index contributed by atoms with van der Waals surface area (Å²) in [5, 5.41) is 0. The molecule has 16 heavy (non-hydrogen) atoms. The molecule has 0 bridgehead atoms. The molecule has 0 aliphatic carbocycles. The maximum Gasteiger partial charge on any atom is 0.144 e. The highest BCUT2D eigenvalue weighted by Crippen LogP contribution is 2.06. The lowest BCUT2D eigenvalue weighted by molar-refractivity contribution is 0.312. The smallest absolute Gasteiger partial charge is 0.144 e. The third-order valence-corrected chi connectivity index (χ3v) is 2.35. The molecule has 0 atom stereocenters. The second kappa shape index (κ2) is 6.40. The monoisotopic (exact) mass is 223 g/mol. The molecule has 0 fully saturated rings. The third kappa shape index (κ3) is 4.12. The second-order valence-electron chi connectivity index (χ2n) is 4.05. The fourth-order valence-electron chi connectivity index (χ4n) is 1.52. The lowest BCUT2D eigenvalue weighted by Gasteiger charge is -2.15. The molecule has 0 aromatic carbocycles. The van der Waals surface area contributed by atoms with E-state index in [0.717, 1.165) is 24.6 Å². The van der Waals surface area contributed by atoms with E-state index in [1.807, 2.05) is 13.0 Å². The number of nitrogen functional groups attached to an aromatic ring is 1. The van der Waals surface area contributed by atoms with Crippen molar-refractivity contribution >= 4 is 5.82 Å². The minimum atomic E-state index is 0.673. The molecule has 1 rings (SSSR count). The van der Waals surface area contributed by atoms with Crippen molar-refractivity contribution in [1.82, 2.24) is 14.9 Å². The van der Waals surface area contributed by atoms with Crippen molar-refractivity contribution in [1.29, 1.82) is 0 Å². The first-order chi connectivity index (χ1) is 7.65. The summed E-state index contributed by atoms with van der Waals surface area (Å²) in [6, 6.07) is 1.83. The van der Waals surface area contributed by atoms with Crippen molar-refractivity contribution in [2.45, 2.75) is 33.2 Å². The Hall–Kier alpha value is -1.20. The van der Waals surface area contributed by atoms with E-state index in [1.165, 1.54) is 12.8 Å². The van der Waals surface area contributed by atoms with Crippen molar-refractivity contribution in [3.63, 3.8) is 0 Å². The molecular weight excluding hydrogens is 202 g/mol. The Morgan fingerprint density at radius 2 is 2.19 bits per heavy atom. The van der Waals surface area contributed by atoms with Crippen molar-refractivity contribution in [2.75, 3.05) is 19.0 Å². The summed E-state index contributed by atoms with van der Waals surface area (Å²) in [4.78, 5) is 10.9. The van der Waals surface area contributed by atoms with Gasteiger partial charge in [-0.15, -0.1) is 0 Å². The molecule has 1 aromatic rings. The standard InChI is InChI=1S/C11H21N5/c1-4-5-6-16(3)8-11-13-9(2)7-10(14-11)15-12/h7H,4-6,8,12H2,1-3H3,(H,13,14,15). The minimum absolute atomic E-state index is 0.673. The van der Waals surface area contributed by atoms with Crippen molar-refractivity contribution < 1.29 is 0 Å². The average molecular weight is 223 g/mol. The molecule has 3 N–H and O–H groups in total. The number of hydrogen-bond donors (Lipinski definition) is 2. The lowest BCUT2D eigenvalue weighted by Crippen LogP contribution is -2.21. The first-order valence-electron chi connectivity index (χ1n) is 5.65. The molecule has 1 aromatic heterocycles. The molecule has 0 spiro atoms. The van der Waals surface area contributed by atoms with Crippen molar-refractivity contribution in [3.8, 4) is 0 Å². The highest BCUT2D eigenvalue weighted by atomic mass is 15.3. The first kappa shape index (κ1) is 12.9.